The molecule has 0 saturated carbocycles. The van der Waals surface area contributed by atoms with Gasteiger partial charge in [-0.25, -0.2) is 0 Å². The summed E-state index contributed by atoms with van der Waals surface area (Å²) >= 11 is 0. The Morgan fingerprint density at radius 1 is 0.912 bits per heavy atom. The number of hydrogen-bond acceptors (Lipinski definition) is 6. The van der Waals surface area contributed by atoms with Gasteiger partial charge in [-0.2, -0.15) is 0 Å². The molecule has 0 aromatic heterocycles. The Kier molecular flexibility index (Phi) is 5.99. The van der Waals surface area contributed by atoms with E-state index in [9.17, 15) is 14.4 Å². The molecule has 34 heavy (non-hydrogen) atoms. The summed E-state index contributed by atoms with van der Waals surface area (Å²) in [6, 6.07) is 5.27. The van der Waals surface area contributed by atoms with E-state index in [1.54, 1.807) is 26.0 Å². The molecule has 0 radical (unpaired) electrons. The number of Topliss-reactive ketones (excluding diaryl/α,β-unsaturated/α-hetero) is 2. The maximum Gasteiger partial charge on any atom is 0.313 e. The molecule has 0 N–H and O–H groups in total. The number of esters is 1. The first-order chi connectivity index (χ1) is 15.8. The Morgan fingerprint density at radius 2 is 1.44 bits per heavy atom. The highest BCUT2D eigenvalue weighted by Crippen LogP contribution is 2.53. The lowest BCUT2D eigenvalue weighted by Gasteiger charge is -2.42. The van der Waals surface area contributed by atoms with Crippen LogP contribution in [0, 0.1) is 16.7 Å². The van der Waals surface area contributed by atoms with Crippen LogP contribution >= 0.6 is 0 Å². The number of benzene rings is 1. The highest BCUT2D eigenvalue weighted by molar-refractivity contribution is 6.06. The van der Waals surface area contributed by atoms with Crippen molar-refractivity contribution in [2.24, 2.45) is 16.7 Å². The molecule has 0 unspecified atom stereocenters. The predicted molar refractivity (Wildman–Crippen MR) is 127 cm³/mol. The molecule has 0 amide bonds. The van der Waals surface area contributed by atoms with Gasteiger partial charge < -0.3 is 14.2 Å². The predicted octanol–water partition coefficient (Wildman–Crippen LogP) is 5.66. The third kappa shape index (κ3) is 4.42. The van der Waals surface area contributed by atoms with Gasteiger partial charge in [0.2, 0.25) is 0 Å². The molecule has 1 aromatic rings. The smallest absolute Gasteiger partial charge is 0.313 e. The number of carbonyl (C=O) groups is 3. The summed E-state index contributed by atoms with van der Waals surface area (Å²) in [5.74, 6) is 0.893. The minimum Gasteiger partial charge on any atom is -0.493 e. The Hall–Kier alpha value is -2.89. The quantitative estimate of drug-likeness (QED) is 0.421. The van der Waals surface area contributed by atoms with Crippen LogP contribution in [0.1, 0.15) is 78.7 Å². The Morgan fingerprint density at radius 3 is 1.91 bits per heavy atom. The summed E-state index contributed by atoms with van der Waals surface area (Å²) in [6.45, 7) is 11.8. The average Bonchev–Trinajstić information content (AvgIpc) is 2.70. The van der Waals surface area contributed by atoms with Crippen molar-refractivity contribution >= 4 is 17.5 Å². The van der Waals surface area contributed by atoms with Gasteiger partial charge in [0, 0.05) is 42.7 Å². The van der Waals surface area contributed by atoms with E-state index >= 15 is 0 Å². The molecule has 0 fully saturated rings. The van der Waals surface area contributed by atoms with E-state index in [2.05, 4.69) is 27.7 Å². The zero-order valence-corrected chi connectivity index (χ0v) is 21.2. The average molecular weight is 467 g/mol. The van der Waals surface area contributed by atoms with Crippen LogP contribution in [0.5, 0.6) is 11.5 Å². The molecule has 6 heteroatoms. The molecule has 1 aromatic carbocycles. The third-order valence-electron chi connectivity index (χ3n) is 6.78. The van der Waals surface area contributed by atoms with E-state index < -0.39 is 5.92 Å². The molecule has 0 spiro atoms. The number of allylic oxidation sites excluding steroid dienone is 4. The third-order valence-corrected chi connectivity index (χ3v) is 6.78. The number of rotatable bonds is 4. The highest BCUT2D eigenvalue weighted by Gasteiger charge is 2.47. The SMILES string of the molecule is COc1cc(C2C3=C(CC(C)(C)CC3=O)OC3=C2C(=O)CC(C)(C)C3)ccc1OC(=O)C(C)C. The normalized spacial score (nSPS) is 21.8. The Labute approximate surface area is 201 Å². The van der Waals surface area contributed by atoms with Crippen molar-refractivity contribution in [1.82, 2.24) is 0 Å². The lowest BCUT2D eigenvalue weighted by atomic mass is 9.65. The van der Waals surface area contributed by atoms with E-state index in [4.69, 9.17) is 14.2 Å². The van der Waals surface area contributed by atoms with Gasteiger partial charge in [-0.05, 0) is 28.5 Å². The van der Waals surface area contributed by atoms with Crippen LogP contribution in [0.15, 0.2) is 40.9 Å². The molecule has 6 nitrogen and oxygen atoms in total. The van der Waals surface area contributed by atoms with Crippen LogP contribution in [-0.4, -0.2) is 24.6 Å². The fraction of sp³-hybridized carbons (Fsp3) is 0.536. The lowest BCUT2D eigenvalue weighted by Crippen LogP contribution is -2.37. The van der Waals surface area contributed by atoms with Crippen molar-refractivity contribution in [3.05, 3.63) is 46.4 Å². The second-order valence-corrected chi connectivity index (χ2v) is 11.6. The van der Waals surface area contributed by atoms with Crippen molar-refractivity contribution in [1.29, 1.82) is 0 Å². The standard InChI is InChI=1S/C28H34O6/c1-15(2)26(31)34-19-9-8-16(10-20(19)32-7)23-24-17(29)11-27(3,4)13-21(24)33-22-14-28(5,6)12-18(30)25(22)23/h8-10,15,23H,11-14H2,1-7H3. The molecule has 182 valence electrons. The summed E-state index contributed by atoms with van der Waals surface area (Å²) in [5, 5.41) is 0. The molecule has 2 aliphatic carbocycles. The van der Waals surface area contributed by atoms with Crippen molar-refractivity contribution in [3.63, 3.8) is 0 Å². The van der Waals surface area contributed by atoms with Crippen LogP contribution in [0.4, 0.5) is 0 Å². The van der Waals surface area contributed by atoms with Gasteiger partial charge in [0.25, 0.3) is 0 Å². The molecule has 1 aliphatic heterocycles. The Balaban J connectivity index is 1.85. The minimum atomic E-state index is -0.519. The van der Waals surface area contributed by atoms with Crippen molar-refractivity contribution in [2.75, 3.05) is 7.11 Å². The maximum absolute atomic E-state index is 13.4. The van der Waals surface area contributed by atoms with Gasteiger partial charge in [0.1, 0.15) is 11.5 Å². The molecule has 0 saturated heterocycles. The van der Waals surface area contributed by atoms with Crippen molar-refractivity contribution < 1.29 is 28.6 Å². The van der Waals surface area contributed by atoms with Gasteiger partial charge in [0.15, 0.2) is 23.1 Å². The first-order valence-electron chi connectivity index (χ1n) is 11.9. The summed E-state index contributed by atoms with van der Waals surface area (Å²) in [7, 11) is 1.51. The van der Waals surface area contributed by atoms with Gasteiger partial charge in [-0.1, -0.05) is 47.6 Å². The topological polar surface area (TPSA) is 78.9 Å². The molecular weight excluding hydrogens is 432 g/mol. The zero-order valence-electron chi connectivity index (χ0n) is 21.2. The first-order valence-corrected chi connectivity index (χ1v) is 11.9. The van der Waals surface area contributed by atoms with Crippen LogP contribution in [0.2, 0.25) is 0 Å². The number of hydrogen-bond donors (Lipinski definition) is 0. The summed E-state index contributed by atoms with van der Waals surface area (Å²) in [6.07, 6.45) is 2.07. The van der Waals surface area contributed by atoms with Crippen LogP contribution in [0.3, 0.4) is 0 Å². The maximum atomic E-state index is 13.4. The van der Waals surface area contributed by atoms with E-state index in [-0.39, 0.29) is 34.3 Å². The zero-order chi connectivity index (χ0) is 25.0. The minimum absolute atomic E-state index is 0.00899. The van der Waals surface area contributed by atoms with Crippen LogP contribution in [-0.2, 0) is 19.1 Å². The second-order valence-electron chi connectivity index (χ2n) is 11.6. The van der Waals surface area contributed by atoms with E-state index in [1.165, 1.54) is 7.11 Å². The van der Waals surface area contributed by atoms with E-state index in [0.29, 0.717) is 59.8 Å². The molecule has 1 heterocycles. The largest absolute Gasteiger partial charge is 0.493 e. The Bertz CT molecular complexity index is 1080. The van der Waals surface area contributed by atoms with Crippen molar-refractivity contribution in [2.45, 2.75) is 73.1 Å². The number of ketones is 2. The molecule has 0 atom stereocenters. The van der Waals surface area contributed by atoms with Gasteiger partial charge in [-0.15, -0.1) is 0 Å². The number of methoxy groups -OCH3 is 1. The number of ether oxygens (including phenoxy) is 3. The molecule has 4 rings (SSSR count). The van der Waals surface area contributed by atoms with E-state index in [1.807, 2.05) is 6.07 Å². The molecule has 3 aliphatic rings. The first kappa shape index (κ1) is 24.2. The fourth-order valence-electron chi connectivity index (χ4n) is 5.18. The molecule has 0 bridgehead atoms. The van der Waals surface area contributed by atoms with Crippen molar-refractivity contribution in [3.8, 4) is 11.5 Å². The highest BCUT2D eigenvalue weighted by atomic mass is 16.6. The van der Waals surface area contributed by atoms with E-state index in [0.717, 1.165) is 5.56 Å². The van der Waals surface area contributed by atoms with Gasteiger partial charge in [0.05, 0.1) is 13.0 Å². The van der Waals surface area contributed by atoms with Gasteiger partial charge >= 0.3 is 5.97 Å². The second kappa shape index (κ2) is 8.40. The summed E-state index contributed by atoms with van der Waals surface area (Å²) in [5.41, 5.74) is 1.48. The lowest BCUT2D eigenvalue weighted by molar-refractivity contribution is -0.137. The summed E-state index contributed by atoms with van der Waals surface area (Å²) < 4.78 is 17.4. The summed E-state index contributed by atoms with van der Waals surface area (Å²) in [4.78, 5) is 39.0. The van der Waals surface area contributed by atoms with Gasteiger partial charge in [-0.3, -0.25) is 14.4 Å². The number of carbonyl (C=O) groups excluding carboxylic acids is 3. The molecular formula is C28H34O6. The van der Waals surface area contributed by atoms with Crippen LogP contribution in [0.25, 0.3) is 0 Å². The van der Waals surface area contributed by atoms with Crippen LogP contribution < -0.4 is 9.47 Å². The monoisotopic (exact) mass is 466 g/mol. The fourth-order valence-corrected chi connectivity index (χ4v) is 5.18.